The van der Waals surface area contributed by atoms with Crippen molar-refractivity contribution >= 4 is 63.9 Å². The number of quaternary nitrogens is 1. The molecule has 1 saturated heterocycles. The number of carbonyl (C=O) groups excluding carboxylic acids is 1. The van der Waals surface area contributed by atoms with E-state index >= 15 is 0 Å². The Labute approximate surface area is 154 Å². The zero-order chi connectivity index (χ0) is 16.3. The lowest BCUT2D eigenvalue weighted by molar-refractivity contribution is -0.931. The van der Waals surface area contributed by atoms with Crippen molar-refractivity contribution in [3.8, 4) is 0 Å². The minimum absolute atomic E-state index is 0.265. The van der Waals surface area contributed by atoms with Crippen LogP contribution >= 0.6 is 58.0 Å². The molecule has 122 valence electrons. The average molecular weight is 406 g/mol. The first kappa shape index (κ1) is 18.4. The number of carbonyl (C=O) groups is 1. The van der Waals surface area contributed by atoms with Gasteiger partial charge in [0, 0.05) is 5.02 Å². The molecule has 1 aromatic rings. The van der Waals surface area contributed by atoms with E-state index in [0.717, 1.165) is 37.3 Å². The number of alkyl halides is 3. The maximum absolute atomic E-state index is 12.4. The number of rotatable bonds is 3. The molecule has 0 spiro atoms. The van der Waals surface area contributed by atoms with Crippen molar-refractivity contribution < 1.29 is 9.69 Å². The van der Waals surface area contributed by atoms with Crippen LogP contribution in [0.25, 0.3) is 0 Å². The summed E-state index contributed by atoms with van der Waals surface area (Å²) in [6.45, 7) is 1.71. The topological polar surface area (TPSA) is 33.5 Å². The Morgan fingerprint density at radius 1 is 1.14 bits per heavy atom. The summed E-state index contributed by atoms with van der Waals surface area (Å²) in [6.07, 6.45) is 2.62. The number of piperidine rings is 1. The van der Waals surface area contributed by atoms with E-state index in [2.05, 4.69) is 5.32 Å². The first-order chi connectivity index (χ1) is 10.3. The molecule has 1 aliphatic rings. The Balaban J connectivity index is 2.17. The molecule has 0 unspecified atom stereocenters. The molecule has 1 aliphatic heterocycles. The van der Waals surface area contributed by atoms with Crippen LogP contribution in [0.1, 0.15) is 29.6 Å². The second-order valence-corrected chi connectivity index (χ2v) is 8.50. The Morgan fingerprint density at radius 2 is 1.77 bits per heavy atom. The van der Waals surface area contributed by atoms with Crippen LogP contribution in [0.5, 0.6) is 0 Å². The van der Waals surface area contributed by atoms with E-state index in [0.29, 0.717) is 10.6 Å². The molecule has 2 N–H and O–H groups in total. The van der Waals surface area contributed by atoms with Crippen molar-refractivity contribution in [2.45, 2.75) is 29.2 Å². The van der Waals surface area contributed by atoms with Crippen molar-refractivity contribution in [1.82, 2.24) is 5.32 Å². The van der Waals surface area contributed by atoms with Gasteiger partial charge in [-0.1, -0.05) is 58.0 Å². The number of halogens is 5. The van der Waals surface area contributed by atoms with Crippen LogP contribution in [0.4, 0.5) is 0 Å². The van der Waals surface area contributed by atoms with Crippen LogP contribution in [0.3, 0.4) is 0 Å². The summed E-state index contributed by atoms with van der Waals surface area (Å²) in [5.41, 5.74) is 0.307. The molecule has 0 aromatic heterocycles. The molecular weight excluding hydrogens is 389 g/mol. The van der Waals surface area contributed by atoms with E-state index < -0.39 is 9.96 Å². The van der Waals surface area contributed by atoms with Gasteiger partial charge in [-0.15, -0.1) is 0 Å². The Bertz CT molecular complexity index is 541. The largest absolute Gasteiger partial charge is 0.312 e. The fraction of sp³-hybridized carbons (Fsp3) is 0.500. The fourth-order valence-corrected chi connectivity index (χ4v) is 3.71. The molecule has 22 heavy (non-hydrogen) atoms. The van der Waals surface area contributed by atoms with Crippen LogP contribution in [0.2, 0.25) is 10.0 Å². The van der Waals surface area contributed by atoms with Crippen molar-refractivity contribution in [2.75, 3.05) is 13.1 Å². The first-order valence-corrected chi connectivity index (χ1v) is 8.85. The highest BCUT2D eigenvalue weighted by molar-refractivity contribution is 6.68. The van der Waals surface area contributed by atoms with E-state index in [4.69, 9.17) is 58.0 Å². The summed E-state index contributed by atoms with van der Waals surface area (Å²) in [5.74, 6) is -0.379. The molecule has 1 heterocycles. The van der Waals surface area contributed by atoms with E-state index in [-0.39, 0.29) is 10.9 Å². The maximum atomic E-state index is 12.4. The molecule has 0 aliphatic carbocycles. The second-order valence-electron chi connectivity index (χ2n) is 5.29. The SMILES string of the molecule is O=C(N[C@H]([NH+]1CCCCC1)C(Cl)(Cl)Cl)c1ccc(Cl)cc1Cl. The molecule has 8 heteroatoms. The normalized spacial score (nSPS) is 18.0. The van der Waals surface area contributed by atoms with Crippen LogP contribution in [0.15, 0.2) is 18.2 Å². The number of amides is 1. The number of benzene rings is 1. The summed E-state index contributed by atoms with van der Waals surface area (Å²) < 4.78 is -1.60. The third kappa shape index (κ3) is 4.80. The lowest BCUT2D eigenvalue weighted by Crippen LogP contribution is -3.20. The lowest BCUT2D eigenvalue weighted by Gasteiger charge is -2.35. The standard InChI is InChI=1S/C14H15Cl5N2O/c15-9-4-5-10(11(16)8-9)12(22)20-13(14(17,18)19)21-6-2-1-3-7-21/h4-5,8,13H,1-3,6-7H2,(H,20,22)/p+1/t13-/m1/s1. The highest BCUT2D eigenvalue weighted by Crippen LogP contribution is 2.29. The van der Waals surface area contributed by atoms with Crippen molar-refractivity contribution in [1.29, 1.82) is 0 Å². The third-order valence-corrected chi connectivity index (χ3v) is 4.89. The molecule has 1 atom stereocenters. The van der Waals surface area contributed by atoms with Gasteiger partial charge < -0.3 is 4.90 Å². The second kappa shape index (κ2) is 7.78. The third-order valence-electron chi connectivity index (χ3n) is 3.68. The average Bonchev–Trinajstić information content (AvgIpc) is 2.44. The zero-order valence-corrected chi connectivity index (χ0v) is 15.4. The monoisotopic (exact) mass is 403 g/mol. The van der Waals surface area contributed by atoms with Crippen molar-refractivity contribution in [2.24, 2.45) is 0 Å². The molecule has 0 bridgehead atoms. The van der Waals surface area contributed by atoms with Gasteiger partial charge in [0.05, 0.1) is 23.7 Å². The number of hydrogen-bond acceptors (Lipinski definition) is 1. The fourth-order valence-electron chi connectivity index (χ4n) is 2.59. The van der Waals surface area contributed by atoms with Crippen LogP contribution < -0.4 is 10.2 Å². The highest BCUT2D eigenvalue weighted by atomic mass is 35.6. The van der Waals surface area contributed by atoms with E-state index in [9.17, 15) is 4.79 Å². The quantitative estimate of drug-likeness (QED) is 0.742. The smallest absolute Gasteiger partial charge is 0.262 e. The molecule has 1 fully saturated rings. The Kier molecular flexibility index (Phi) is 6.52. The van der Waals surface area contributed by atoms with Crippen LogP contribution in [-0.4, -0.2) is 29.0 Å². The number of nitrogens with one attached hydrogen (secondary N) is 2. The van der Waals surface area contributed by atoms with Crippen LogP contribution in [-0.2, 0) is 0 Å². The number of likely N-dealkylation sites (tertiary alicyclic amines) is 1. The van der Waals surface area contributed by atoms with Crippen molar-refractivity contribution in [3.63, 3.8) is 0 Å². The highest BCUT2D eigenvalue weighted by Gasteiger charge is 2.42. The molecule has 3 nitrogen and oxygen atoms in total. The summed E-state index contributed by atoms with van der Waals surface area (Å²) in [6, 6.07) is 4.66. The van der Waals surface area contributed by atoms with Gasteiger partial charge in [0.2, 0.25) is 6.17 Å². The van der Waals surface area contributed by atoms with Crippen LogP contribution in [0, 0.1) is 0 Å². The maximum Gasteiger partial charge on any atom is 0.262 e. The summed E-state index contributed by atoms with van der Waals surface area (Å²) in [4.78, 5) is 13.5. The van der Waals surface area contributed by atoms with Gasteiger partial charge >= 0.3 is 0 Å². The van der Waals surface area contributed by atoms with Gasteiger partial charge in [-0.25, -0.2) is 0 Å². The molecule has 1 aromatic carbocycles. The Hall–Kier alpha value is 0.1000. The molecular formula is C14H16Cl5N2O+. The minimum atomic E-state index is -1.60. The predicted molar refractivity (Wildman–Crippen MR) is 92.6 cm³/mol. The number of hydrogen-bond donors (Lipinski definition) is 2. The van der Waals surface area contributed by atoms with Gasteiger partial charge in [0.15, 0.2) is 0 Å². The first-order valence-electron chi connectivity index (χ1n) is 6.96. The molecule has 1 amide bonds. The molecule has 0 radical (unpaired) electrons. The van der Waals surface area contributed by atoms with Gasteiger partial charge in [0.25, 0.3) is 9.70 Å². The molecule has 0 saturated carbocycles. The molecule has 2 rings (SSSR count). The van der Waals surface area contributed by atoms with Gasteiger partial charge in [-0.3, -0.25) is 10.1 Å². The van der Waals surface area contributed by atoms with Gasteiger partial charge in [-0.05, 0) is 37.5 Å². The van der Waals surface area contributed by atoms with Crippen molar-refractivity contribution in [3.05, 3.63) is 33.8 Å². The predicted octanol–water partition coefficient (Wildman–Crippen LogP) is 3.49. The minimum Gasteiger partial charge on any atom is -0.312 e. The van der Waals surface area contributed by atoms with E-state index in [1.54, 1.807) is 12.1 Å². The summed E-state index contributed by atoms with van der Waals surface area (Å²) in [7, 11) is 0. The summed E-state index contributed by atoms with van der Waals surface area (Å²) in [5, 5.41) is 3.53. The van der Waals surface area contributed by atoms with Gasteiger partial charge in [0.1, 0.15) is 0 Å². The summed E-state index contributed by atoms with van der Waals surface area (Å²) >= 11 is 30.1. The van der Waals surface area contributed by atoms with Gasteiger partial charge in [-0.2, -0.15) is 0 Å². The Morgan fingerprint density at radius 3 is 2.32 bits per heavy atom. The van der Waals surface area contributed by atoms with E-state index in [1.807, 2.05) is 0 Å². The van der Waals surface area contributed by atoms with E-state index in [1.165, 1.54) is 6.07 Å². The lowest BCUT2D eigenvalue weighted by atomic mass is 10.1. The zero-order valence-electron chi connectivity index (χ0n) is 11.6.